The Morgan fingerprint density at radius 2 is 1.80 bits per heavy atom. The van der Waals surface area contributed by atoms with E-state index in [2.05, 4.69) is 10.2 Å². The summed E-state index contributed by atoms with van der Waals surface area (Å²) in [5.41, 5.74) is -0.152. The summed E-state index contributed by atoms with van der Waals surface area (Å²) in [6, 6.07) is 2.18. The van der Waals surface area contributed by atoms with Crippen LogP contribution in [0.25, 0.3) is 0 Å². The standard InChI is InChI=1S/C14H19F2N3O/c1-17-13-11(15)8-10(9-12(13)16)14(20)19-5-3-4-18(2)6-7-19/h8-9,17H,3-7H2,1-2H3. The molecule has 1 fully saturated rings. The van der Waals surface area contributed by atoms with E-state index in [0.717, 1.165) is 31.6 Å². The molecule has 1 saturated heterocycles. The summed E-state index contributed by atoms with van der Waals surface area (Å²) in [7, 11) is 3.43. The maximum atomic E-state index is 13.7. The number of likely N-dealkylation sites (N-methyl/N-ethyl adjacent to an activating group) is 1. The highest BCUT2D eigenvalue weighted by atomic mass is 19.1. The summed E-state index contributed by atoms with van der Waals surface area (Å²) < 4.78 is 27.4. The van der Waals surface area contributed by atoms with Gasteiger partial charge in [-0.2, -0.15) is 0 Å². The molecule has 6 heteroatoms. The lowest BCUT2D eigenvalue weighted by Crippen LogP contribution is -2.34. The second-order valence-corrected chi connectivity index (χ2v) is 5.01. The maximum Gasteiger partial charge on any atom is 0.254 e. The minimum Gasteiger partial charge on any atom is -0.383 e. The molecule has 4 nitrogen and oxygen atoms in total. The van der Waals surface area contributed by atoms with Crippen LogP contribution in [0.15, 0.2) is 12.1 Å². The highest BCUT2D eigenvalue weighted by molar-refractivity contribution is 5.94. The zero-order valence-electron chi connectivity index (χ0n) is 11.7. The first-order valence-electron chi connectivity index (χ1n) is 6.67. The Hall–Kier alpha value is -1.69. The van der Waals surface area contributed by atoms with Crippen molar-refractivity contribution in [1.29, 1.82) is 0 Å². The van der Waals surface area contributed by atoms with Crippen LogP contribution < -0.4 is 5.32 Å². The van der Waals surface area contributed by atoms with Gasteiger partial charge in [0.1, 0.15) is 17.3 Å². The minimum atomic E-state index is -0.747. The van der Waals surface area contributed by atoms with E-state index in [1.807, 2.05) is 7.05 Å². The number of hydrogen-bond donors (Lipinski definition) is 1. The van der Waals surface area contributed by atoms with Gasteiger partial charge in [0.25, 0.3) is 5.91 Å². The van der Waals surface area contributed by atoms with Crippen LogP contribution in [0.2, 0.25) is 0 Å². The average Bonchev–Trinajstić information content (AvgIpc) is 2.62. The first-order chi connectivity index (χ1) is 9.52. The highest BCUT2D eigenvalue weighted by Crippen LogP contribution is 2.21. The fraction of sp³-hybridized carbons (Fsp3) is 0.500. The molecule has 0 bridgehead atoms. The number of halogens is 2. The highest BCUT2D eigenvalue weighted by Gasteiger charge is 2.21. The number of benzene rings is 1. The van der Waals surface area contributed by atoms with Crippen LogP contribution in [0.5, 0.6) is 0 Å². The number of hydrogen-bond acceptors (Lipinski definition) is 3. The van der Waals surface area contributed by atoms with E-state index in [1.54, 1.807) is 4.90 Å². The molecule has 1 aromatic rings. The zero-order valence-corrected chi connectivity index (χ0v) is 11.7. The van der Waals surface area contributed by atoms with Gasteiger partial charge < -0.3 is 15.1 Å². The number of anilines is 1. The lowest BCUT2D eigenvalue weighted by Gasteiger charge is -2.21. The van der Waals surface area contributed by atoms with Gasteiger partial charge >= 0.3 is 0 Å². The van der Waals surface area contributed by atoms with Crippen LogP contribution in [0.3, 0.4) is 0 Å². The summed E-state index contributed by atoms with van der Waals surface area (Å²) in [4.78, 5) is 16.1. The summed E-state index contributed by atoms with van der Waals surface area (Å²) in [6.07, 6.45) is 0.863. The Kier molecular flexibility index (Phi) is 4.54. The minimum absolute atomic E-state index is 0.0588. The average molecular weight is 283 g/mol. The maximum absolute atomic E-state index is 13.7. The van der Waals surface area contributed by atoms with Crippen molar-refractivity contribution in [2.24, 2.45) is 0 Å². The van der Waals surface area contributed by atoms with Crippen molar-refractivity contribution >= 4 is 11.6 Å². The third-order valence-corrected chi connectivity index (χ3v) is 3.55. The fourth-order valence-electron chi connectivity index (χ4n) is 2.37. The number of carbonyl (C=O) groups excluding carboxylic acids is 1. The summed E-state index contributed by atoms with van der Waals surface area (Å²) in [6.45, 7) is 2.88. The van der Waals surface area contributed by atoms with Crippen LogP contribution in [0, 0.1) is 11.6 Å². The third kappa shape index (κ3) is 3.07. The van der Waals surface area contributed by atoms with E-state index in [4.69, 9.17) is 0 Å². The topological polar surface area (TPSA) is 35.6 Å². The van der Waals surface area contributed by atoms with Gasteiger partial charge in [0.15, 0.2) is 0 Å². The number of rotatable bonds is 2. The second-order valence-electron chi connectivity index (χ2n) is 5.01. The van der Waals surface area contributed by atoms with Gasteiger partial charge in [-0.3, -0.25) is 4.79 Å². The van der Waals surface area contributed by atoms with Crippen LogP contribution in [0.4, 0.5) is 14.5 Å². The van der Waals surface area contributed by atoms with E-state index < -0.39 is 11.6 Å². The molecule has 0 aromatic heterocycles. The quantitative estimate of drug-likeness (QED) is 0.899. The molecule has 1 aromatic carbocycles. The summed E-state index contributed by atoms with van der Waals surface area (Å²) in [5, 5.41) is 2.44. The molecule has 0 aliphatic carbocycles. The predicted octanol–water partition coefficient (Wildman–Crippen LogP) is 1.78. The van der Waals surface area contributed by atoms with Gasteiger partial charge in [-0.1, -0.05) is 0 Å². The van der Waals surface area contributed by atoms with Gasteiger partial charge in [-0.25, -0.2) is 8.78 Å². The normalized spacial score (nSPS) is 16.9. The molecule has 1 amide bonds. The Bertz CT molecular complexity index is 484. The van der Waals surface area contributed by atoms with E-state index in [-0.39, 0.29) is 17.2 Å². The van der Waals surface area contributed by atoms with Crippen molar-refractivity contribution in [2.45, 2.75) is 6.42 Å². The molecular formula is C14H19F2N3O. The molecule has 1 aliphatic rings. The Balaban J connectivity index is 2.20. The monoisotopic (exact) mass is 283 g/mol. The lowest BCUT2D eigenvalue weighted by molar-refractivity contribution is 0.0762. The van der Waals surface area contributed by atoms with E-state index in [0.29, 0.717) is 13.1 Å². The molecule has 20 heavy (non-hydrogen) atoms. The molecule has 2 rings (SSSR count). The predicted molar refractivity (Wildman–Crippen MR) is 73.9 cm³/mol. The van der Waals surface area contributed by atoms with Crippen molar-refractivity contribution in [3.05, 3.63) is 29.3 Å². The van der Waals surface area contributed by atoms with E-state index in [9.17, 15) is 13.6 Å². The number of carbonyl (C=O) groups is 1. The van der Waals surface area contributed by atoms with Crippen LogP contribution in [0.1, 0.15) is 16.8 Å². The smallest absolute Gasteiger partial charge is 0.254 e. The molecule has 1 heterocycles. The zero-order chi connectivity index (χ0) is 14.7. The summed E-state index contributed by atoms with van der Waals surface area (Å²) >= 11 is 0. The number of amides is 1. The van der Waals surface area contributed by atoms with Crippen LogP contribution in [-0.4, -0.2) is 56.0 Å². The Morgan fingerprint density at radius 3 is 2.40 bits per heavy atom. The van der Waals surface area contributed by atoms with E-state index >= 15 is 0 Å². The number of nitrogens with zero attached hydrogens (tertiary/aromatic N) is 2. The molecule has 0 spiro atoms. The van der Waals surface area contributed by atoms with Gasteiger partial charge in [-0.05, 0) is 32.1 Å². The van der Waals surface area contributed by atoms with Crippen molar-refractivity contribution in [3.8, 4) is 0 Å². The lowest BCUT2D eigenvalue weighted by atomic mass is 10.1. The molecule has 0 unspecified atom stereocenters. The summed E-state index contributed by atoms with van der Waals surface area (Å²) in [5.74, 6) is -1.81. The fourth-order valence-corrected chi connectivity index (χ4v) is 2.37. The van der Waals surface area contributed by atoms with E-state index in [1.165, 1.54) is 7.05 Å². The van der Waals surface area contributed by atoms with Crippen LogP contribution >= 0.6 is 0 Å². The molecule has 0 saturated carbocycles. The Labute approximate surface area is 117 Å². The van der Waals surface area contributed by atoms with Crippen molar-refractivity contribution in [2.75, 3.05) is 45.6 Å². The second kappa shape index (κ2) is 6.17. The third-order valence-electron chi connectivity index (χ3n) is 3.55. The van der Waals surface area contributed by atoms with Gasteiger partial charge in [0.2, 0.25) is 0 Å². The van der Waals surface area contributed by atoms with Crippen molar-refractivity contribution in [3.63, 3.8) is 0 Å². The van der Waals surface area contributed by atoms with Crippen LogP contribution in [-0.2, 0) is 0 Å². The van der Waals surface area contributed by atoms with Gasteiger partial charge in [0.05, 0.1) is 0 Å². The molecule has 1 N–H and O–H groups in total. The van der Waals surface area contributed by atoms with Crippen molar-refractivity contribution < 1.29 is 13.6 Å². The molecule has 0 atom stereocenters. The molecule has 110 valence electrons. The molecular weight excluding hydrogens is 264 g/mol. The van der Waals surface area contributed by atoms with Gasteiger partial charge in [-0.15, -0.1) is 0 Å². The largest absolute Gasteiger partial charge is 0.383 e. The number of nitrogens with one attached hydrogen (secondary N) is 1. The first-order valence-corrected chi connectivity index (χ1v) is 6.67. The SMILES string of the molecule is CNc1c(F)cc(C(=O)N2CCCN(C)CC2)cc1F. The van der Waals surface area contributed by atoms with Gasteiger partial charge in [0, 0.05) is 32.2 Å². The first kappa shape index (κ1) is 14.7. The molecule has 0 radical (unpaired) electrons. The molecule has 1 aliphatic heterocycles. The van der Waals surface area contributed by atoms with Crippen molar-refractivity contribution in [1.82, 2.24) is 9.80 Å². The Morgan fingerprint density at radius 1 is 1.15 bits per heavy atom.